The van der Waals surface area contributed by atoms with Gasteiger partial charge in [0.2, 0.25) is 0 Å². The lowest BCUT2D eigenvalue weighted by molar-refractivity contribution is -0.231. The maximum absolute atomic E-state index is 13.2. The van der Waals surface area contributed by atoms with Crippen LogP contribution in [0, 0.1) is 0 Å². The van der Waals surface area contributed by atoms with E-state index in [1.807, 2.05) is 0 Å². The molecule has 5 atom stereocenters. The molecule has 1 saturated heterocycles. The van der Waals surface area contributed by atoms with Gasteiger partial charge in [0.1, 0.15) is 58.9 Å². The van der Waals surface area contributed by atoms with E-state index >= 15 is 0 Å². The fraction of sp³-hybridized carbons (Fsp3) is 0.214. The molecule has 4 aromatic rings. The van der Waals surface area contributed by atoms with Crippen molar-refractivity contribution >= 4 is 16.9 Å². The zero-order valence-electron chi connectivity index (χ0n) is 21.3. The van der Waals surface area contributed by atoms with Crippen LogP contribution in [0.25, 0.3) is 22.3 Å². The Morgan fingerprint density at radius 1 is 0.833 bits per heavy atom. The van der Waals surface area contributed by atoms with Crippen molar-refractivity contribution in [2.24, 2.45) is 0 Å². The van der Waals surface area contributed by atoms with Crippen LogP contribution in [0.4, 0.5) is 0 Å². The maximum atomic E-state index is 13.2. The summed E-state index contributed by atoms with van der Waals surface area (Å²) in [6, 6.07) is 8.88. The minimum absolute atomic E-state index is 0.0814. The van der Waals surface area contributed by atoms with E-state index in [4.69, 9.17) is 13.9 Å². The van der Waals surface area contributed by atoms with E-state index in [0.717, 1.165) is 24.3 Å². The lowest BCUT2D eigenvalue weighted by Gasteiger charge is -2.40. The van der Waals surface area contributed by atoms with E-state index in [1.54, 1.807) is 0 Å². The van der Waals surface area contributed by atoms with Gasteiger partial charge >= 0.3 is 5.97 Å². The molecule has 42 heavy (non-hydrogen) atoms. The largest absolute Gasteiger partial charge is 0.508 e. The highest BCUT2D eigenvalue weighted by Crippen LogP contribution is 2.45. The summed E-state index contributed by atoms with van der Waals surface area (Å²) in [7, 11) is 0. The van der Waals surface area contributed by atoms with E-state index in [9.17, 15) is 55.5 Å². The first-order valence-corrected chi connectivity index (χ1v) is 12.3. The lowest BCUT2D eigenvalue weighted by atomic mass is 9.89. The van der Waals surface area contributed by atoms with Gasteiger partial charge in [0, 0.05) is 17.7 Å². The van der Waals surface area contributed by atoms with Crippen LogP contribution in [-0.2, 0) is 4.74 Å². The third kappa shape index (κ3) is 4.93. The van der Waals surface area contributed by atoms with Gasteiger partial charge in [-0.3, -0.25) is 4.79 Å². The lowest BCUT2D eigenvalue weighted by Crippen LogP contribution is -2.55. The number of aromatic hydroxyl groups is 5. The normalized spacial score (nSPS) is 22.2. The summed E-state index contributed by atoms with van der Waals surface area (Å²) in [6.45, 7) is -0.818. The second kappa shape index (κ2) is 10.8. The number of rotatable bonds is 5. The summed E-state index contributed by atoms with van der Waals surface area (Å²) in [5.41, 5.74) is -1.81. The predicted molar refractivity (Wildman–Crippen MR) is 140 cm³/mol. The monoisotopic (exact) mass is 584 g/mol. The molecule has 0 bridgehead atoms. The van der Waals surface area contributed by atoms with Gasteiger partial charge in [0.15, 0.2) is 28.3 Å². The molecule has 2 heterocycles. The molecule has 1 aromatic heterocycles. The molecule has 1 aliphatic heterocycles. The van der Waals surface area contributed by atoms with E-state index in [-0.39, 0.29) is 11.5 Å². The predicted octanol–water partition coefficient (Wildman–Crippen LogP) is 0.722. The number of carbonyl (C=O) groups is 1. The molecule has 5 rings (SSSR count). The number of phenolic OH excluding ortho intramolecular Hbond substituents is 5. The number of aliphatic hydroxyl groups excluding tert-OH is 4. The van der Waals surface area contributed by atoms with Crippen molar-refractivity contribution in [3.8, 4) is 45.8 Å². The molecular weight excluding hydrogens is 560 g/mol. The van der Waals surface area contributed by atoms with Gasteiger partial charge in [-0.1, -0.05) is 0 Å². The van der Waals surface area contributed by atoms with Crippen LogP contribution in [-0.4, -0.2) is 83.0 Å². The van der Waals surface area contributed by atoms with E-state index in [1.165, 1.54) is 24.3 Å². The summed E-state index contributed by atoms with van der Waals surface area (Å²) < 4.78 is 17.0. The summed E-state index contributed by atoms with van der Waals surface area (Å²) in [5.74, 6) is -5.36. The zero-order valence-corrected chi connectivity index (χ0v) is 21.3. The average Bonchev–Trinajstić information content (AvgIpc) is 2.95. The number of carbonyl (C=O) groups excluding carboxylic acids is 1. The highest BCUT2D eigenvalue weighted by molar-refractivity contribution is 5.95. The number of aliphatic hydroxyl groups is 4. The molecule has 1 aliphatic rings. The molecule has 9 N–H and O–H groups in total. The van der Waals surface area contributed by atoms with E-state index < -0.39 is 99.4 Å². The van der Waals surface area contributed by atoms with Crippen molar-refractivity contribution in [2.75, 3.05) is 6.61 Å². The fourth-order valence-corrected chi connectivity index (χ4v) is 4.65. The van der Waals surface area contributed by atoms with Crippen molar-refractivity contribution in [3.63, 3.8) is 0 Å². The van der Waals surface area contributed by atoms with Crippen molar-refractivity contribution in [1.82, 2.24) is 0 Å². The van der Waals surface area contributed by atoms with Crippen molar-refractivity contribution in [3.05, 3.63) is 69.9 Å². The first kappa shape index (κ1) is 28.7. The molecule has 3 aromatic carbocycles. The van der Waals surface area contributed by atoms with Gasteiger partial charge in [-0.2, -0.15) is 0 Å². The number of esters is 1. The Kier molecular flexibility index (Phi) is 7.40. The van der Waals surface area contributed by atoms with Crippen LogP contribution < -0.4 is 10.2 Å². The molecule has 0 saturated carbocycles. The van der Waals surface area contributed by atoms with Gasteiger partial charge < -0.3 is 59.8 Å². The summed E-state index contributed by atoms with van der Waals surface area (Å²) in [4.78, 5) is 26.2. The quantitative estimate of drug-likeness (QED) is 0.0891. The summed E-state index contributed by atoms with van der Waals surface area (Å²) >= 11 is 0. The topological polar surface area (TPSA) is 248 Å². The maximum Gasteiger partial charge on any atom is 0.343 e. The van der Waals surface area contributed by atoms with Gasteiger partial charge in [0.05, 0.1) is 17.7 Å². The van der Waals surface area contributed by atoms with Crippen LogP contribution in [0.3, 0.4) is 0 Å². The Hall–Kier alpha value is -4.86. The molecule has 1 fully saturated rings. The highest BCUT2D eigenvalue weighted by Gasteiger charge is 2.46. The Bertz CT molecular complexity index is 1700. The number of hydrogen-bond donors (Lipinski definition) is 9. The Morgan fingerprint density at radius 2 is 1.48 bits per heavy atom. The molecule has 5 unspecified atom stereocenters. The number of hydrogen-bond acceptors (Lipinski definition) is 14. The smallest absolute Gasteiger partial charge is 0.343 e. The molecule has 14 heteroatoms. The molecule has 0 amide bonds. The number of phenols is 5. The van der Waals surface area contributed by atoms with Crippen LogP contribution >= 0.6 is 0 Å². The van der Waals surface area contributed by atoms with Crippen molar-refractivity contribution in [1.29, 1.82) is 0 Å². The van der Waals surface area contributed by atoms with Gasteiger partial charge in [-0.05, 0) is 36.4 Å². The minimum Gasteiger partial charge on any atom is -0.508 e. The Labute approximate surface area is 234 Å². The van der Waals surface area contributed by atoms with Crippen LogP contribution in [0.1, 0.15) is 22.0 Å². The molecule has 14 nitrogen and oxygen atoms in total. The number of ether oxygens (including phenoxy) is 2. The van der Waals surface area contributed by atoms with Gasteiger partial charge in [-0.25, -0.2) is 4.79 Å². The van der Waals surface area contributed by atoms with Crippen molar-refractivity contribution in [2.45, 2.75) is 30.5 Å². The summed E-state index contributed by atoms with van der Waals surface area (Å²) in [6.07, 6.45) is -8.77. The average molecular weight is 584 g/mol. The SMILES string of the molecule is O=C(Oc1cc(O)c2c(=O)cc(-c3ccc(O)cc3)oc2c1C1OC(CO)C(O)C(O)C1O)c1cc(O)c(O)c(O)c1. The van der Waals surface area contributed by atoms with E-state index in [2.05, 4.69) is 0 Å². The van der Waals surface area contributed by atoms with Gasteiger partial charge in [0.25, 0.3) is 0 Å². The number of fused-ring (bicyclic) bond motifs is 1. The zero-order chi connectivity index (χ0) is 30.5. The van der Waals surface area contributed by atoms with Crippen LogP contribution in [0.15, 0.2) is 57.7 Å². The third-order valence-corrected chi connectivity index (χ3v) is 6.82. The molecule has 0 radical (unpaired) electrons. The third-order valence-electron chi connectivity index (χ3n) is 6.82. The molecule has 220 valence electrons. The second-order valence-electron chi connectivity index (χ2n) is 9.54. The second-order valence-corrected chi connectivity index (χ2v) is 9.54. The molecule has 0 aliphatic carbocycles. The van der Waals surface area contributed by atoms with Crippen LogP contribution in [0.2, 0.25) is 0 Å². The Morgan fingerprint density at radius 3 is 2.10 bits per heavy atom. The van der Waals surface area contributed by atoms with Crippen LogP contribution in [0.5, 0.6) is 34.5 Å². The van der Waals surface area contributed by atoms with E-state index in [0.29, 0.717) is 5.56 Å². The first-order chi connectivity index (χ1) is 19.9. The first-order valence-electron chi connectivity index (χ1n) is 12.3. The van der Waals surface area contributed by atoms with Gasteiger partial charge in [-0.15, -0.1) is 0 Å². The highest BCUT2D eigenvalue weighted by atomic mass is 16.6. The fourth-order valence-electron chi connectivity index (χ4n) is 4.65. The number of benzene rings is 3. The summed E-state index contributed by atoms with van der Waals surface area (Å²) in [5, 5.41) is 90.6. The Balaban J connectivity index is 1.75. The molecular formula is C28H24O14. The minimum atomic E-state index is -1.95. The standard InChI is InChI=1S/C28H24O14/c29-9-19-23(36)24(37)25(38)27(41-19)21-18(42-28(39)11-5-15(33)22(35)16(34)6-11)8-14(32)20-13(31)7-17(40-26(20)21)10-1-3-12(30)4-2-10/h1-8,19,23-25,27,29-30,32-38H,9H2. The molecule has 0 spiro atoms. The van der Waals surface area contributed by atoms with Crippen molar-refractivity contribution < 1.29 is 64.6 Å².